The van der Waals surface area contributed by atoms with E-state index >= 15 is 0 Å². The van der Waals surface area contributed by atoms with Crippen LogP contribution in [-0.2, 0) is 51.4 Å². The third-order valence-corrected chi connectivity index (χ3v) is 11.0. The van der Waals surface area contributed by atoms with Crippen LogP contribution in [0.4, 0.5) is 0 Å². The fraction of sp³-hybridized carbons (Fsp3) is 0.333. The van der Waals surface area contributed by atoms with Crippen LogP contribution in [0, 0.1) is 0 Å². The molecule has 0 radical (unpaired) electrons. The summed E-state index contributed by atoms with van der Waals surface area (Å²) in [5.74, 6) is -0.969. The van der Waals surface area contributed by atoms with Crippen molar-refractivity contribution in [1.29, 1.82) is 0 Å². The van der Waals surface area contributed by atoms with E-state index in [0.29, 0.717) is 95.9 Å². The molecule has 0 atom stereocenters. The van der Waals surface area contributed by atoms with Gasteiger partial charge in [-0.25, -0.2) is 0 Å². The van der Waals surface area contributed by atoms with Crippen molar-refractivity contribution in [2.75, 3.05) is 0 Å². The minimum Gasteiger partial charge on any atom is -0.294 e. The fourth-order valence-corrected chi connectivity index (χ4v) is 8.72. The number of carbonyl (C=O) groups is 8. The zero-order valence-corrected chi connectivity index (χ0v) is 33.5. The molecular formula is C48H48O8. The number of benzene rings is 4. The lowest BCUT2D eigenvalue weighted by molar-refractivity contribution is 0.0978. The van der Waals surface area contributed by atoms with Crippen LogP contribution < -0.4 is 0 Å². The van der Waals surface area contributed by atoms with E-state index in [1.807, 2.05) is 48.5 Å². The first-order valence-electron chi connectivity index (χ1n) is 19.1. The summed E-state index contributed by atoms with van der Waals surface area (Å²) in [4.78, 5) is 99.1. The highest BCUT2D eigenvalue weighted by Crippen LogP contribution is 2.31. The summed E-state index contributed by atoms with van der Waals surface area (Å²) < 4.78 is 0. The summed E-state index contributed by atoms with van der Waals surface area (Å²) in [5, 5.41) is 0. The second-order valence-corrected chi connectivity index (χ2v) is 15.0. The summed E-state index contributed by atoms with van der Waals surface area (Å²) in [6, 6.07) is 15.4. The molecule has 4 aromatic rings. The zero-order chi connectivity index (χ0) is 41.2. The number of Topliss-reactive ketones (excluding diaryl/α,β-unsaturated/α-hetero) is 8. The maximum Gasteiger partial charge on any atom is 0.160 e. The van der Waals surface area contributed by atoms with Crippen molar-refractivity contribution in [3.63, 3.8) is 0 Å². The summed E-state index contributed by atoms with van der Waals surface area (Å²) >= 11 is 0. The first-order chi connectivity index (χ1) is 26.4. The van der Waals surface area contributed by atoms with Crippen molar-refractivity contribution in [3.8, 4) is 0 Å². The molecule has 8 nitrogen and oxygen atoms in total. The van der Waals surface area contributed by atoms with Gasteiger partial charge < -0.3 is 0 Å². The molecule has 0 amide bonds. The quantitative estimate of drug-likeness (QED) is 0.163. The summed E-state index contributed by atoms with van der Waals surface area (Å²) in [7, 11) is 0. The Hall–Kier alpha value is -5.76. The van der Waals surface area contributed by atoms with Crippen molar-refractivity contribution < 1.29 is 38.4 Å². The van der Waals surface area contributed by atoms with Crippen LogP contribution in [0.2, 0.25) is 0 Å². The van der Waals surface area contributed by atoms with Gasteiger partial charge in [0.2, 0.25) is 0 Å². The maximum atomic E-state index is 12.4. The Morgan fingerprint density at radius 1 is 0.232 bits per heavy atom. The van der Waals surface area contributed by atoms with Gasteiger partial charge in [-0.15, -0.1) is 0 Å². The largest absolute Gasteiger partial charge is 0.294 e. The Bertz CT molecular complexity index is 1890. The smallest absolute Gasteiger partial charge is 0.160 e. The van der Waals surface area contributed by atoms with Crippen molar-refractivity contribution in [3.05, 3.63) is 138 Å². The van der Waals surface area contributed by atoms with E-state index in [1.54, 1.807) is 0 Å². The minimum absolute atomic E-state index is 0.121. The lowest BCUT2D eigenvalue weighted by Crippen LogP contribution is -2.17. The van der Waals surface area contributed by atoms with Crippen LogP contribution in [0.15, 0.2) is 48.5 Å². The van der Waals surface area contributed by atoms with Gasteiger partial charge in [-0.05, 0) is 151 Å². The van der Waals surface area contributed by atoms with E-state index in [-0.39, 0.29) is 46.3 Å². The molecule has 8 bridgehead atoms. The minimum atomic E-state index is -0.121. The first kappa shape index (κ1) is 41.4. The van der Waals surface area contributed by atoms with E-state index in [4.69, 9.17) is 0 Å². The predicted octanol–water partition coefficient (Wildman–Crippen LogP) is 8.76. The van der Waals surface area contributed by atoms with Crippen molar-refractivity contribution in [2.45, 2.75) is 107 Å². The normalized spacial score (nSPS) is 13.0. The molecule has 288 valence electrons. The Morgan fingerprint density at radius 2 is 0.321 bits per heavy atom. The van der Waals surface area contributed by atoms with E-state index < -0.39 is 0 Å². The van der Waals surface area contributed by atoms with Gasteiger partial charge in [0.25, 0.3) is 0 Å². The standard InChI is InChI=1S/2C24H24O4/c2*1-13(25)21-17-5-6-18(22(21)14(2)26)11-12-20-8-7-19(10-9-17)23(15(3)27)24(20)16(4)28/h2*5-8H,9-12H2,1-4H3. The number of hydrogen-bond acceptors (Lipinski definition) is 8. The topological polar surface area (TPSA) is 137 Å². The third-order valence-electron chi connectivity index (χ3n) is 11.0. The molecule has 56 heavy (non-hydrogen) atoms. The van der Waals surface area contributed by atoms with Crippen molar-refractivity contribution in [1.82, 2.24) is 0 Å². The van der Waals surface area contributed by atoms with Gasteiger partial charge in [-0.3, -0.25) is 38.4 Å². The van der Waals surface area contributed by atoms with E-state index in [0.717, 1.165) is 44.5 Å². The second kappa shape index (κ2) is 16.9. The van der Waals surface area contributed by atoms with E-state index in [1.165, 1.54) is 55.4 Å². The molecule has 0 spiro atoms. The van der Waals surface area contributed by atoms with Gasteiger partial charge in [0.15, 0.2) is 46.3 Å². The Morgan fingerprint density at radius 3 is 0.393 bits per heavy atom. The molecule has 4 aromatic carbocycles. The summed E-state index contributed by atoms with van der Waals surface area (Å²) in [6.07, 6.45) is 4.16. The van der Waals surface area contributed by atoms with Gasteiger partial charge in [-0.1, -0.05) is 48.5 Å². The van der Waals surface area contributed by atoms with E-state index in [9.17, 15) is 38.4 Å². The first-order valence-corrected chi connectivity index (χ1v) is 19.1. The van der Waals surface area contributed by atoms with Crippen LogP contribution in [0.25, 0.3) is 0 Å². The molecule has 0 heterocycles. The fourth-order valence-electron chi connectivity index (χ4n) is 8.72. The molecule has 0 unspecified atom stereocenters. The van der Waals surface area contributed by atoms with Crippen LogP contribution >= 0.6 is 0 Å². The third kappa shape index (κ3) is 8.25. The number of hydrogen-bond donors (Lipinski definition) is 0. The summed E-state index contributed by atoms with van der Waals surface area (Å²) in [6.45, 7) is 11.9. The Balaban J connectivity index is 0.000000214. The van der Waals surface area contributed by atoms with Crippen LogP contribution in [0.1, 0.15) is 183 Å². The molecule has 0 saturated carbocycles. The number of aryl methyl sites for hydroxylation is 8. The number of ketones is 8. The lowest BCUT2D eigenvalue weighted by atomic mass is 9.82. The SMILES string of the molecule is CC(=O)c1c2ccc(c1C(C)=O)CCc1ccc(c(C(C)=O)c1C(C)=O)CC2.CC(=O)c1c2ccc(c1C(C)=O)CCc1ccc(c(C(C)=O)c1C(C)=O)CC2. The Kier molecular flexibility index (Phi) is 12.5. The monoisotopic (exact) mass is 752 g/mol. The molecule has 8 heteroatoms. The lowest BCUT2D eigenvalue weighted by Gasteiger charge is -2.20. The number of rotatable bonds is 8. The van der Waals surface area contributed by atoms with Gasteiger partial charge >= 0.3 is 0 Å². The highest BCUT2D eigenvalue weighted by atomic mass is 16.2. The van der Waals surface area contributed by atoms with Gasteiger partial charge in [0.05, 0.1) is 0 Å². The molecule has 0 N–H and O–H groups in total. The van der Waals surface area contributed by atoms with Crippen molar-refractivity contribution in [2.24, 2.45) is 0 Å². The summed E-state index contributed by atoms with van der Waals surface area (Å²) in [5.41, 5.74) is 10.5. The second-order valence-electron chi connectivity index (χ2n) is 15.0. The molecule has 8 aliphatic carbocycles. The molecule has 0 fully saturated rings. The van der Waals surface area contributed by atoms with E-state index in [2.05, 4.69) is 0 Å². The van der Waals surface area contributed by atoms with Gasteiger partial charge in [-0.2, -0.15) is 0 Å². The molecule has 12 rings (SSSR count). The molecular weight excluding hydrogens is 705 g/mol. The highest BCUT2D eigenvalue weighted by Gasteiger charge is 2.27. The highest BCUT2D eigenvalue weighted by molar-refractivity contribution is 6.12. The van der Waals surface area contributed by atoms with Crippen LogP contribution in [0.5, 0.6) is 0 Å². The average Bonchev–Trinajstić information content (AvgIpc) is 3.11. The molecule has 0 aliphatic heterocycles. The molecule has 8 aliphatic rings. The van der Waals surface area contributed by atoms with Gasteiger partial charge in [0, 0.05) is 44.5 Å². The van der Waals surface area contributed by atoms with Crippen LogP contribution in [0.3, 0.4) is 0 Å². The number of carbonyl (C=O) groups excluding carboxylic acids is 8. The average molecular weight is 753 g/mol. The zero-order valence-electron chi connectivity index (χ0n) is 33.5. The Labute approximate surface area is 328 Å². The predicted molar refractivity (Wildman–Crippen MR) is 215 cm³/mol. The molecule has 0 saturated heterocycles. The van der Waals surface area contributed by atoms with Gasteiger partial charge in [0.1, 0.15) is 0 Å². The van der Waals surface area contributed by atoms with Crippen molar-refractivity contribution >= 4 is 46.3 Å². The van der Waals surface area contributed by atoms with Crippen LogP contribution in [-0.4, -0.2) is 46.3 Å². The maximum absolute atomic E-state index is 12.4. The molecule has 0 aromatic heterocycles.